The summed E-state index contributed by atoms with van der Waals surface area (Å²) in [6.07, 6.45) is 1.06. The van der Waals surface area contributed by atoms with Crippen molar-refractivity contribution in [3.63, 3.8) is 0 Å². The molecule has 0 saturated carbocycles. The number of halogens is 1. The molecule has 0 aliphatic carbocycles. The van der Waals surface area contributed by atoms with Crippen molar-refractivity contribution < 1.29 is 23.5 Å². The molecule has 1 aromatic carbocycles. The number of anilines is 2. The van der Waals surface area contributed by atoms with Crippen LogP contribution in [-0.2, 0) is 9.47 Å². The summed E-state index contributed by atoms with van der Waals surface area (Å²) in [7, 11) is 0. The second kappa shape index (κ2) is 8.45. The lowest BCUT2D eigenvalue weighted by Crippen LogP contribution is -2.49. The van der Waals surface area contributed by atoms with Gasteiger partial charge in [-0.1, -0.05) is 0 Å². The number of benzene rings is 1. The van der Waals surface area contributed by atoms with Gasteiger partial charge in [0.25, 0.3) is 0 Å². The molecule has 1 aromatic rings. The van der Waals surface area contributed by atoms with Crippen molar-refractivity contribution in [2.75, 3.05) is 30.3 Å². The Kier molecular flexibility index (Phi) is 6.51. The molecule has 0 radical (unpaired) electrons. The molecule has 1 saturated heterocycles. The molecular formula is C19H28FN3O4. The van der Waals surface area contributed by atoms with E-state index in [2.05, 4.69) is 5.32 Å². The number of piperidine rings is 1. The van der Waals surface area contributed by atoms with Crippen LogP contribution in [0.3, 0.4) is 0 Å². The van der Waals surface area contributed by atoms with Crippen LogP contribution in [0.4, 0.5) is 20.6 Å². The molecule has 27 heavy (non-hydrogen) atoms. The zero-order valence-corrected chi connectivity index (χ0v) is 16.3. The molecule has 1 aliphatic rings. The third-order valence-corrected chi connectivity index (χ3v) is 4.10. The van der Waals surface area contributed by atoms with Crippen LogP contribution in [0.5, 0.6) is 0 Å². The van der Waals surface area contributed by atoms with Crippen molar-refractivity contribution in [1.82, 2.24) is 5.32 Å². The van der Waals surface area contributed by atoms with Crippen molar-refractivity contribution in [3.8, 4) is 0 Å². The molecule has 1 aliphatic heterocycles. The molecule has 1 amide bonds. The first-order chi connectivity index (χ1) is 12.6. The highest BCUT2D eigenvalue weighted by Gasteiger charge is 2.26. The van der Waals surface area contributed by atoms with E-state index in [9.17, 15) is 14.0 Å². The van der Waals surface area contributed by atoms with E-state index in [1.165, 1.54) is 6.07 Å². The third kappa shape index (κ3) is 5.74. The van der Waals surface area contributed by atoms with Gasteiger partial charge in [-0.2, -0.15) is 0 Å². The third-order valence-electron chi connectivity index (χ3n) is 4.10. The van der Waals surface area contributed by atoms with Crippen LogP contribution >= 0.6 is 0 Å². The summed E-state index contributed by atoms with van der Waals surface area (Å²) in [5.74, 6) is -1.20. The molecule has 3 N–H and O–H groups in total. The topological polar surface area (TPSA) is 93.9 Å². The lowest BCUT2D eigenvalue weighted by molar-refractivity contribution is 0.0496. The number of nitrogen functional groups attached to an aromatic ring is 1. The normalized spacial score (nSPS) is 17.4. The molecule has 8 heteroatoms. The number of amides is 1. The van der Waals surface area contributed by atoms with Crippen molar-refractivity contribution >= 4 is 23.4 Å². The molecule has 0 bridgehead atoms. The van der Waals surface area contributed by atoms with E-state index < -0.39 is 23.5 Å². The Labute approximate surface area is 159 Å². The summed E-state index contributed by atoms with van der Waals surface area (Å²) in [5, 5.41) is 2.82. The number of hydrogen-bond donors (Lipinski definition) is 2. The van der Waals surface area contributed by atoms with Gasteiger partial charge in [0.05, 0.1) is 17.9 Å². The van der Waals surface area contributed by atoms with Crippen molar-refractivity contribution in [3.05, 3.63) is 23.5 Å². The molecule has 0 aromatic heterocycles. The van der Waals surface area contributed by atoms with Gasteiger partial charge in [0.2, 0.25) is 0 Å². The van der Waals surface area contributed by atoms with Gasteiger partial charge in [-0.15, -0.1) is 0 Å². The second-order valence-electron chi connectivity index (χ2n) is 7.54. The van der Waals surface area contributed by atoms with Crippen molar-refractivity contribution in [2.45, 2.75) is 52.2 Å². The van der Waals surface area contributed by atoms with Crippen molar-refractivity contribution in [2.24, 2.45) is 0 Å². The average molecular weight is 381 g/mol. The summed E-state index contributed by atoms with van der Waals surface area (Å²) in [5.41, 5.74) is 5.82. The lowest BCUT2D eigenvalue weighted by atomic mass is 10.0. The minimum atomic E-state index is -0.649. The molecule has 1 atom stereocenters. The zero-order valence-electron chi connectivity index (χ0n) is 16.3. The van der Waals surface area contributed by atoms with Gasteiger partial charge in [-0.3, -0.25) is 0 Å². The van der Waals surface area contributed by atoms with E-state index in [0.717, 1.165) is 18.9 Å². The van der Waals surface area contributed by atoms with Crippen LogP contribution in [0.2, 0.25) is 0 Å². The number of carbonyl (C=O) groups excluding carboxylic acids is 2. The first-order valence-electron chi connectivity index (χ1n) is 9.11. The molecular weight excluding hydrogens is 353 g/mol. The maximum Gasteiger partial charge on any atom is 0.407 e. The number of alkyl carbamates (subject to hydrolysis) is 1. The van der Waals surface area contributed by atoms with Crippen LogP contribution in [0.15, 0.2) is 12.1 Å². The van der Waals surface area contributed by atoms with Crippen LogP contribution in [0, 0.1) is 5.82 Å². The number of nitrogens with two attached hydrogens (primary N) is 1. The monoisotopic (exact) mass is 381 g/mol. The van der Waals surface area contributed by atoms with E-state index >= 15 is 0 Å². The van der Waals surface area contributed by atoms with Gasteiger partial charge in [0.15, 0.2) is 0 Å². The molecule has 1 heterocycles. The number of ether oxygens (including phenoxy) is 2. The Morgan fingerprint density at radius 3 is 2.70 bits per heavy atom. The largest absolute Gasteiger partial charge is 0.462 e. The lowest BCUT2D eigenvalue weighted by Gasteiger charge is -2.35. The van der Waals surface area contributed by atoms with Crippen LogP contribution < -0.4 is 16.0 Å². The smallest absolute Gasteiger partial charge is 0.407 e. The van der Waals surface area contributed by atoms with E-state index in [1.54, 1.807) is 27.7 Å². The molecule has 7 nitrogen and oxygen atoms in total. The van der Waals surface area contributed by atoms with Crippen LogP contribution in [-0.4, -0.2) is 43.4 Å². The summed E-state index contributed by atoms with van der Waals surface area (Å²) in [6, 6.07) is 2.38. The molecule has 0 spiro atoms. The number of esters is 1. The first-order valence-corrected chi connectivity index (χ1v) is 9.11. The van der Waals surface area contributed by atoms with E-state index in [-0.39, 0.29) is 23.9 Å². The minimum Gasteiger partial charge on any atom is -0.462 e. The number of hydrogen-bond acceptors (Lipinski definition) is 6. The number of carbonyl (C=O) groups is 2. The Morgan fingerprint density at radius 1 is 1.37 bits per heavy atom. The van der Waals surface area contributed by atoms with E-state index in [4.69, 9.17) is 15.2 Å². The number of rotatable bonds is 4. The fourth-order valence-electron chi connectivity index (χ4n) is 2.99. The number of nitrogens with one attached hydrogen (secondary N) is 1. The summed E-state index contributed by atoms with van der Waals surface area (Å²) < 4.78 is 24.8. The van der Waals surface area contributed by atoms with E-state index in [0.29, 0.717) is 18.8 Å². The van der Waals surface area contributed by atoms with E-state index in [1.807, 2.05) is 4.90 Å². The second-order valence-corrected chi connectivity index (χ2v) is 7.54. The van der Waals surface area contributed by atoms with Gasteiger partial charge in [0, 0.05) is 24.8 Å². The SMILES string of the molecule is CCOC(=O)c1cc(F)c(N2CCCC(NC(=O)OC(C)(C)C)C2)cc1N. The number of nitrogens with zero attached hydrogens (tertiary/aromatic N) is 1. The van der Waals surface area contributed by atoms with Crippen LogP contribution in [0.1, 0.15) is 50.9 Å². The highest BCUT2D eigenvalue weighted by molar-refractivity contribution is 5.96. The van der Waals surface area contributed by atoms with Gasteiger partial charge < -0.3 is 25.4 Å². The predicted molar refractivity (Wildman–Crippen MR) is 101 cm³/mol. The fourth-order valence-corrected chi connectivity index (χ4v) is 2.99. The molecule has 2 rings (SSSR count). The Bertz CT molecular complexity index is 703. The summed E-state index contributed by atoms with van der Waals surface area (Å²) in [6.45, 7) is 8.29. The molecule has 1 unspecified atom stereocenters. The Morgan fingerprint density at radius 2 is 2.07 bits per heavy atom. The quantitative estimate of drug-likeness (QED) is 0.615. The maximum absolute atomic E-state index is 14.6. The summed E-state index contributed by atoms with van der Waals surface area (Å²) >= 11 is 0. The van der Waals surface area contributed by atoms with Gasteiger partial charge in [-0.05, 0) is 52.7 Å². The highest BCUT2D eigenvalue weighted by Crippen LogP contribution is 2.28. The first kappa shape index (κ1) is 20.8. The predicted octanol–water partition coefficient (Wildman–Crippen LogP) is 3.08. The van der Waals surface area contributed by atoms with Crippen molar-refractivity contribution in [1.29, 1.82) is 0 Å². The molecule has 1 fully saturated rings. The average Bonchev–Trinajstić information content (AvgIpc) is 2.55. The maximum atomic E-state index is 14.6. The zero-order chi connectivity index (χ0) is 20.2. The minimum absolute atomic E-state index is 0.0125. The fraction of sp³-hybridized carbons (Fsp3) is 0.579. The Balaban J connectivity index is 2.10. The van der Waals surface area contributed by atoms with Gasteiger partial charge >= 0.3 is 12.1 Å². The van der Waals surface area contributed by atoms with Gasteiger partial charge in [-0.25, -0.2) is 14.0 Å². The standard InChI is InChI=1S/C19H28FN3O4/c1-5-26-17(24)13-9-14(20)16(10-15(13)21)23-8-6-7-12(11-23)22-18(25)27-19(2,3)4/h9-10,12H,5-8,11,21H2,1-4H3,(H,22,25). The van der Waals surface area contributed by atoms with Gasteiger partial charge in [0.1, 0.15) is 11.4 Å². The summed E-state index contributed by atoms with van der Waals surface area (Å²) in [4.78, 5) is 25.6. The molecule has 150 valence electrons. The van der Waals surface area contributed by atoms with Crippen LogP contribution in [0.25, 0.3) is 0 Å². The Hall–Kier alpha value is -2.51. The highest BCUT2D eigenvalue weighted by atomic mass is 19.1.